The van der Waals surface area contributed by atoms with Crippen LogP contribution in [0.2, 0.25) is 0 Å². The lowest BCUT2D eigenvalue weighted by Gasteiger charge is -2.34. The Morgan fingerprint density at radius 3 is 2.14 bits per heavy atom. The maximum absolute atomic E-state index is 14.0. The third-order valence-electron chi connectivity index (χ3n) is 9.72. The van der Waals surface area contributed by atoms with Crippen LogP contribution in [0.4, 0.5) is 24.8 Å². The second-order valence-electron chi connectivity index (χ2n) is 12.9. The van der Waals surface area contributed by atoms with E-state index in [1.165, 1.54) is 0 Å². The highest BCUT2D eigenvalue weighted by Crippen LogP contribution is 2.44. The van der Waals surface area contributed by atoms with E-state index in [0.29, 0.717) is 43.5 Å². The quantitative estimate of drug-likeness (QED) is 0.167. The number of aliphatic hydroxyl groups excluding tert-OH is 1. The third kappa shape index (κ3) is 6.83. The summed E-state index contributed by atoms with van der Waals surface area (Å²) in [5.41, 5.74) is 2.37. The van der Waals surface area contributed by atoms with Crippen LogP contribution in [-0.4, -0.2) is 50.9 Å². The molecule has 1 fully saturated rings. The highest BCUT2D eigenvalue weighted by molar-refractivity contribution is 5.97. The van der Waals surface area contributed by atoms with Gasteiger partial charge in [-0.3, -0.25) is 4.79 Å². The van der Waals surface area contributed by atoms with Crippen molar-refractivity contribution in [3.8, 4) is 0 Å². The van der Waals surface area contributed by atoms with Gasteiger partial charge in [0.15, 0.2) is 0 Å². The standard InChI is InChI=1S/C39H36F3N5O4/c1-24-32-33(45-47(36(32)44-37(49)35(24)48)34(27-13-7-3-8-14-27)28-15-9-4-10-16-28)26-17-19-46(20-18-26)31-21-29(30(22-43-31)39(40,41)42)38(50)51-23-25-11-5-2-6-12-25/h2-16,21-22,24,26,34-35,48H,17-20,23H2,1H3,(H,44,49)/t24-,35-/m0/s1. The Balaban J connectivity index is 1.18. The van der Waals surface area contributed by atoms with Gasteiger partial charge in [-0.15, -0.1) is 0 Å². The molecule has 7 rings (SSSR count). The molecule has 262 valence electrons. The number of nitrogens with one attached hydrogen (secondary N) is 1. The van der Waals surface area contributed by atoms with Crippen LogP contribution in [0.15, 0.2) is 103 Å². The minimum absolute atomic E-state index is 0.0853. The van der Waals surface area contributed by atoms with Crippen molar-refractivity contribution in [1.82, 2.24) is 14.8 Å². The monoisotopic (exact) mass is 695 g/mol. The number of carbonyl (C=O) groups excluding carboxylic acids is 2. The number of benzene rings is 3. The van der Waals surface area contributed by atoms with E-state index in [4.69, 9.17) is 9.84 Å². The van der Waals surface area contributed by atoms with Crippen molar-refractivity contribution < 1.29 is 32.6 Å². The van der Waals surface area contributed by atoms with Crippen LogP contribution in [-0.2, 0) is 22.3 Å². The van der Waals surface area contributed by atoms with Crippen molar-refractivity contribution >= 4 is 23.5 Å². The molecule has 2 N–H and O–H groups in total. The van der Waals surface area contributed by atoms with Crippen LogP contribution >= 0.6 is 0 Å². The zero-order chi connectivity index (χ0) is 35.7. The maximum Gasteiger partial charge on any atom is 0.418 e. The van der Waals surface area contributed by atoms with E-state index in [-0.39, 0.29) is 24.4 Å². The average Bonchev–Trinajstić information content (AvgIpc) is 3.52. The number of fused-ring (bicyclic) bond motifs is 1. The van der Waals surface area contributed by atoms with E-state index < -0.39 is 41.2 Å². The molecule has 1 saturated heterocycles. The second kappa shape index (κ2) is 14.0. The molecule has 12 heteroatoms. The first-order valence-corrected chi connectivity index (χ1v) is 16.8. The smallest absolute Gasteiger partial charge is 0.418 e. The normalized spacial score (nSPS) is 18.0. The summed E-state index contributed by atoms with van der Waals surface area (Å²) < 4.78 is 49.0. The molecule has 0 radical (unpaired) electrons. The molecule has 0 unspecified atom stereocenters. The van der Waals surface area contributed by atoms with Crippen molar-refractivity contribution in [2.45, 2.75) is 56.5 Å². The van der Waals surface area contributed by atoms with Crippen LogP contribution in [0.1, 0.15) is 81.5 Å². The highest BCUT2D eigenvalue weighted by Gasteiger charge is 2.41. The summed E-state index contributed by atoms with van der Waals surface area (Å²) in [6.45, 7) is 2.50. The van der Waals surface area contributed by atoms with E-state index in [9.17, 15) is 27.9 Å². The molecule has 0 spiro atoms. The van der Waals surface area contributed by atoms with Crippen LogP contribution in [0.5, 0.6) is 0 Å². The number of aromatic nitrogens is 3. The van der Waals surface area contributed by atoms with E-state index >= 15 is 0 Å². The third-order valence-corrected chi connectivity index (χ3v) is 9.72. The van der Waals surface area contributed by atoms with Crippen LogP contribution < -0.4 is 10.2 Å². The fourth-order valence-corrected chi connectivity index (χ4v) is 7.04. The van der Waals surface area contributed by atoms with Crippen molar-refractivity contribution in [3.63, 3.8) is 0 Å². The van der Waals surface area contributed by atoms with Gasteiger partial charge < -0.3 is 20.1 Å². The minimum Gasteiger partial charge on any atom is -0.457 e. The molecule has 2 aliphatic heterocycles. The SMILES string of the molecule is C[C@H]1c2c(C3CCN(c4cc(C(=O)OCc5ccccc5)c(C(F)(F)F)cn4)CC3)nn(C(c3ccccc3)c3ccccc3)c2NC(=O)[C@H]1O. The van der Waals surface area contributed by atoms with Crippen LogP contribution in [0.3, 0.4) is 0 Å². The van der Waals surface area contributed by atoms with Gasteiger partial charge in [-0.05, 0) is 35.6 Å². The number of carbonyl (C=O) groups is 2. The zero-order valence-corrected chi connectivity index (χ0v) is 27.8. The van der Waals surface area contributed by atoms with Gasteiger partial charge in [-0.25, -0.2) is 14.5 Å². The first-order chi connectivity index (χ1) is 24.6. The lowest BCUT2D eigenvalue weighted by atomic mass is 9.84. The van der Waals surface area contributed by atoms with Crippen LogP contribution in [0.25, 0.3) is 0 Å². The Morgan fingerprint density at radius 2 is 1.55 bits per heavy atom. The number of esters is 1. The molecule has 4 heterocycles. The number of halogens is 3. The van der Waals surface area contributed by atoms with E-state index in [2.05, 4.69) is 10.3 Å². The Hall–Kier alpha value is -5.49. The lowest BCUT2D eigenvalue weighted by Crippen LogP contribution is -2.38. The molecule has 0 bridgehead atoms. The molecule has 51 heavy (non-hydrogen) atoms. The molecule has 0 aliphatic carbocycles. The van der Waals surface area contributed by atoms with Crippen LogP contribution in [0, 0.1) is 0 Å². The molecule has 2 aliphatic rings. The van der Waals surface area contributed by atoms with Crippen molar-refractivity contribution in [2.75, 3.05) is 23.3 Å². The van der Waals surface area contributed by atoms with Crippen molar-refractivity contribution in [3.05, 3.63) is 142 Å². The van der Waals surface area contributed by atoms with Gasteiger partial charge in [0.05, 0.1) is 16.8 Å². The van der Waals surface area contributed by atoms with Gasteiger partial charge in [0.25, 0.3) is 5.91 Å². The number of ether oxygens (including phenoxy) is 1. The number of rotatable bonds is 8. The Bertz CT molecular complexity index is 1970. The number of pyridine rings is 1. The first-order valence-electron chi connectivity index (χ1n) is 16.8. The number of hydrogen-bond donors (Lipinski definition) is 2. The second-order valence-corrected chi connectivity index (χ2v) is 12.9. The Kier molecular flexibility index (Phi) is 9.35. The topological polar surface area (TPSA) is 110 Å². The number of hydrogen-bond acceptors (Lipinski definition) is 7. The Labute approximate surface area is 292 Å². The predicted molar refractivity (Wildman–Crippen MR) is 184 cm³/mol. The molecular weight excluding hydrogens is 659 g/mol. The highest BCUT2D eigenvalue weighted by atomic mass is 19.4. The lowest BCUT2D eigenvalue weighted by molar-refractivity contribution is -0.138. The van der Waals surface area contributed by atoms with E-state index in [0.717, 1.165) is 28.5 Å². The van der Waals surface area contributed by atoms with Gasteiger partial charge in [-0.2, -0.15) is 18.3 Å². The number of amides is 1. The molecular formula is C39H36F3N5O4. The molecule has 3 aromatic carbocycles. The van der Waals surface area contributed by atoms with Gasteiger partial charge >= 0.3 is 12.1 Å². The molecule has 1 amide bonds. The largest absolute Gasteiger partial charge is 0.457 e. The number of aliphatic hydroxyl groups is 1. The summed E-state index contributed by atoms with van der Waals surface area (Å²) in [7, 11) is 0. The average molecular weight is 696 g/mol. The van der Waals surface area contributed by atoms with Crippen molar-refractivity contribution in [1.29, 1.82) is 0 Å². The molecule has 0 saturated carbocycles. The predicted octanol–water partition coefficient (Wildman–Crippen LogP) is 7.09. The zero-order valence-electron chi connectivity index (χ0n) is 27.8. The first kappa shape index (κ1) is 34.0. The fourth-order valence-electron chi connectivity index (χ4n) is 7.04. The minimum atomic E-state index is -4.80. The van der Waals surface area contributed by atoms with Gasteiger partial charge in [0.2, 0.25) is 0 Å². The summed E-state index contributed by atoms with van der Waals surface area (Å²) in [5, 5.41) is 19.0. The number of nitrogens with zero attached hydrogens (tertiary/aromatic N) is 4. The van der Waals surface area contributed by atoms with E-state index in [1.54, 1.807) is 30.3 Å². The molecule has 5 aromatic rings. The van der Waals surface area contributed by atoms with Gasteiger partial charge in [0, 0.05) is 36.7 Å². The Morgan fingerprint density at radius 1 is 0.961 bits per heavy atom. The molecule has 9 nitrogen and oxygen atoms in total. The number of anilines is 2. The van der Waals surface area contributed by atoms with Gasteiger partial charge in [-0.1, -0.05) is 97.9 Å². The summed E-state index contributed by atoms with van der Waals surface area (Å²) in [5.74, 6) is -1.41. The summed E-state index contributed by atoms with van der Waals surface area (Å²) in [6.07, 6.45) is -4.23. The molecule has 2 atom stereocenters. The summed E-state index contributed by atoms with van der Waals surface area (Å²) >= 11 is 0. The number of alkyl halides is 3. The van der Waals surface area contributed by atoms with Crippen molar-refractivity contribution in [2.24, 2.45) is 0 Å². The summed E-state index contributed by atoms with van der Waals surface area (Å²) in [4.78, 5) is 31.9. The van der Waals surface area contributed by atoms with Gasteiger partial charge in [0.1, 0.15) is 30.4 Å². The molecule has 2 aromatic heterocycles. The van der Waals surface area contributed by atoms with E-state index in [1.807, 2.05) is 77.2 Å². The maximum atomic E-state index is 14.0. The fraction of sp³-hybridized carbons (Fsp3) is 0.282. The summed E-state index contributed by atoms with van der Waals surface area (Å²) in [6, 6.07) is 29.2. The number of piperidine rings is 1.